The maximum absolute atomic E-state index is 12.4. The summed E-state index contributed by atoms with van der Waals surface area (Å²) in [7, 11) is 0. The van der Waals surface area contributed by atoms with E-state index in [2.05, 4.69) is 10.6 Å². The molecule has 1 aliphatic carbocycles. The van der Waals surface area contributed by atoms with Crippen LogP contribution in [0.25, 0.3) is 11.1 Å². The number of furan rings is 1. The second-order valence-electron chi connectivity index (χ2n) is 7.61. The van der Waals surface area contributed by atoms with Crippen molar-refractivity contribution in [3.63, 3.8) is 0 Å². The van der Waals surface area contributed by atoms with E-state index in [4.69, 9.17) is 4.42 Å². The second-order valence-corrected chi connectivity index (χ2v) is 7.61. The van der Waals surface area contributed by atoms with Gasteiger partial charge in [-0.2, -0.15) is 0 Å². The van der Waals surface area contributed by atoms with Crippen molar-refractivity contribution >= 4 is 17.5 Å². The first-order valence-corrected chi connectivity index (χ1v) is 9.86. The molecule has 1 fully saturated rings. The summed E-state index contributed by atoms with van der Waals surface area (Å²) in [5.41, 5.74) is 4.99. The molecular formula is C24H24N2O3. The molecule has 4 rings (SSSR count). The molecule has 1 saturated carbocycles. The Morgan fingerprint density at radius 3 is 2.41 bits per heavy atom. The standard InChI is InChI=1S/C24H24N2O3/c1-15-3-10-20(26-24(28)21-11-12-29-16(21)2)13-22(15)18-6-8-19(9-7-18)23(27)25-14-17-4-5-17/h3,6-13,17H,4-5,14H2,1-2H3,(H,25,27)(H,26,28). The minimum atomic E-state index is -0.200. The van der Waals surface area contributed by atoms with Gasteiger partial charge in [0.25, 0.3) is 11.8 Å². The lowest BCUT2D eigenvalue weighted by Crippen LogP contribution is -2.25. The highest BCUT2D eigenvalue weighted by atomic mass is 16.3. The van der Waals surface area contributed by atoms with E-state index in [0.717, 1.165) is 23.2 Å². The van der Waals surface area contributed by atoms with Crippen LogP contribution in [-0.2, 0) is 0 Å². The van der Waals surface area contributed by atoms with E-state index in [0.29, 0.717) is 28.5 Å². The number of anilines is 1. The number of hydrogen-bond donors (Lipinski definition) is 2. The van der Waals surface area contributed by atoms with Crippen LogP contribution in [0, 0.1) is 19.8 Å². The van der Waals surface area contributed by atoms with Crippen molar-refractivity contribution in [2.75, 3.05) is 11.9 Å². The number of benzene rings is 2. The van der Waals surface area contributed by atoms with Crippen LogP contribution in [0.2, 0.25) is 0 Å². The monoisotopic (exact) mass is 388 g/mol. The highest BCUT2D eigenvalue weighted by Crippen LogP contribution is 2.29. The number of hydrogen-bond acceptors (Lipinski definition) is 3. The number of aryl methyl sites for hydroxylation is 2. The third-order valence-corrected chi connectivity index (χ3v) is 5.31. The zero-order valence-corrected chi connectivity index (χ0v) is 16.6. The third kappa shape index (κ3) is 4.40. The Morgan fingerprint density at radius 2 is 1.76 bits per heavy atom. The molecule has 0 unspecified atom stereocenters. The Hall–Kier alpha value is -3.34. The average molecular weight is 388 g/mol. The molecule has 29 heavy (non-hydrogen) atoms. The molecular weight excluding hydrogens is 364 g/mol. The molecule has 148 valence electrons. The summed E-state index contributed by atoms with van der Waals surface area (Å²) in [6.07, 6.45) is 3.93. The van der Waals surface area contributed by atoms with Crippen molar-refractivity contribution in [2.45, 2.75) is 26.7 Å². The summed E-state index contributed by atoms with van der Waals surface area (Å²) in [6.45, 7) is 4.55. The maximum Gasteiger partial charge on any atom is 0.259 e. The first-order valence-electron chi connectivity index (χ1n) is 9.86. The van der Waals surface area contributed by atoms with E-state index < -0.39 is 0 Å². The lowest BCUT2D eigenvalue weighted by atomic mass is 9.98. The van der Waals surface area contributed by atoms with Gasteiger partial charge in [-0.1, -0.05) is 18.2 Å². The van der Waals surface area contributed by atoms with E-state index in [1.807, 2.05) is 49.4 Å². The fourth-order valence-corrected chi connectivity index (χ4v) is 3.29. The summed E-state index contributed by atoms with van der Waals surface area (Å²) in [4.78, 5) is 24.7. The number of amides is 2. The summed E-state index contributed by atoms with van der Waals surface area (Å²) in [6, 6.07) is 15.0. The molecule has 0 spiro atoms. The third-order valence-electron chi connectivity index (χ3n) is 5.31. The van der Waals surface area contributed by atoms with Crippen LogP contribution in [0.1, 0.15) is 44.9 Å². The van der Waals surface area contributed by atoms with Gasteiger partial charge < -0.3 is 15.1 Å². The van der Waals surface area contributed by atoms with Crippen LogP contribution in [0.15, 0.2) is 59.2 Å². The highest BCUT2D eigenvalue weighted by Gasteiger charge is 2.21. The molecule has 5 nitrogen and oxygen atoms in total. The van der Waals surface area contributed by atoms with Crippen molar-refractivity contribution in [3.05, 3.63) is 77.2 Å². The van der Waals surface area contributed by atoms with E-state index >= 15 is 0 Å². The Balaban J connectivity index is 1.50. The van der Waals surface area contributed by atoms with Gasteiger partial charge in [-0.3, -0.25) is 9.59 Å². The van der Waals surface area contributed by atoms with Crippen LogP contribution in [0.4, 0.5) is 5.69 Å². The van der Waals surface area contributed by atoms with E-state index in [1.165, 1.54) is 19.1 Å². The van der Waals surface area contributed by atoms with Gasteiger partial charge in [-0.05, 0) is 79.6 Å². The molecule has 3 aromatic rings. The summed E-state index contributed by atoms with van der Waals surface area (Å²) >= 11 is 0. The lowest BCUT2D eigenvalue weighted by Gasteiger charge is -2.11. The zero-order chi connectivity index (χ0) is 20.4. The Morgan fingerprint density at radius 1 is 1.00 bits per heavy atom. The topological polar surface area (TPSA) is 71.3 Å². The molecule has 2 aromatic carbocycles. The van der Waals surface area contributed by atoms with Crippen LogP contribution in [-0.4, -0.2) is 18.4 Å². The summed E-state index contributed by atoms with van der Waals surface area (Å²) < 4.78 is 5.21. The van der Waals surface area contributed by atoms with Crippen LogP contribution >= 0.6 is 0 Å². The molecule has 0 saturated heterocycles. The summed E-state index contributed by atoms with van der Waals surface area (Å²) in [5, 5.41) is 5.91. The van der Waals surface area contributed by atoms with E-state index in [-0.39, 0.29) is 11.8 Å². The minimum Gasteiger partial charge on any atom is -0.469 e. The van der Waals surface area contributed by atoms with Gasteiger partial charge in [0.15, 0.2) is 0 Å². The minimum absolute atomic E-state index is 0.0309. The molecule has 5 heteroatoms. The molecule has 0 atom stereocenters. The van der Waals surface area contributed by atoms with Gasteiger partial charge in [0.05, 0.1) is 11.8 Å². The van der Waals surface area contributed by atoms with Gasteiger partial charge in [0.2, 0.25) is 0 Å². The number of rotatable bonds is 6. The van der Waals surface area contributed by atoms with Crippen LogP contribution in [0.5, 0.6) is 0 Å². The predicted octanol–water partition coefficient (Wildman–Crippen LogP) is 4.96. The molecule has 1 aliphatic rings. The zero-order valence-electron chi connectivity index (χ0n) is 16.6. The lowest BCUT2D eigenvalue weighted by molar-refractivity contribution is 0.0951. The van der Waals surface area contributed by atoms with Crippen molar-refractivity contribution in [2.24, 2.45) is 5.92 Å². The summed E-state index contributed by atoms with van der Waals surface area (Å²) in [5.74, 6) is 1.01. The maximum atomic E-state index is 12.4. The molecule has 0 radical (unpaired) electrons. The molecule has 1 heterocycles. The number of carbonyl (C=O) groups is 2. The van der Waals surface area contributed by atoms with E-state index in [1.54, 1.807) is 13.0 Å². The van der Waals surface area contributed by atoms with Crippen molar-refractivity contribution in [1.82, 2.24) is 5.32 Å². The SMILES string of the molecule is Cc1ccc(NC(=O)c2ccoc2C)cc1-c1ccc(C(=O)NCC2CC2)cc1. The van der Waals surface area contributed by atoms with Crippen molar-refractivity contribution in [1.29, 1.82) is 0 Å². The number of nitrogens with one attached hydrogen (secondary N) is 2. The first kappa shape index (κ1) is 19.0. The Bertz CT molecular complexity index is 1050. The Labute approximate surface area is 170 Å². The van der Waals surface area contributed by atoms with Crippen LogP contribution < -0.4 is 10.6 Å². The second kappa shape index (κ2) is 7.95. The average Bonchev–Trinajstić information content (AvgIpc) is 3.46. The highest BCUT2D eigenvalue weighted by molar-refractivity contribution is 6.05. The van der Waals surface area contributed by atoms with Gasteiger partial charge in [0, 0.05) is 17.8 Å². The van der Waals surface area contributed by atoms with Crippen molar-refractivity contribution < 1.29 is 14.0 Å². The van der Waals surface area contributed by atoms with Gasteiger partial charge in [0.1, 0.15) is 5.76 Å². The van der Waals surface area contributed by atoms with Gasteiger partial charge >= 0.3 is 0 Å². The van der Waals surface area contributed by atoms with Gasteiger partial charge in [-0.15, -0.1) is 0 Å². The van der Waals surface area contributed by atoms with Crippen LogP contribution in [0.3, 0.4) is 0 Å². The molecule has 2 N–H and O–H groups in total. The Kier molecular flexibility index (Phi) is 5.21. The predicted molar refractivity (Wildman–Crippen MR) is 113 cm³/mol. The molecule has 1 aromatic heterocycles. The fourth-order valence-electron chi connectivity index (χ4n) is 3.29. The van der Waals surface area contributed by atoms with E-state index in [9.17, 15) is 9.59 Å². The van der Waals surface area contributed by atoms with Crippen molar-refractivity contribution in [3.8, 4) is 11.1 Å². The number of carbonyl (C=O) groups excluding carboxylic acids is 2. The molecule has 0 bridgehead atoms. The smallest absolute Gasteiger partial charge is 0.259 e. The normalized spacial score (nSPS) is 13.2. The fraction of sp³-hybridized carbons (Fsp3) is 0.250. The quantitative estimate of drug-likeness (QED) is 0.627. The largest absolute Gasteiger partial charge is 0.469 e. The van der Waals surface area contributed by atoms with Gasteiger partial charge in [-0.25, -0.2) is 0 Å². The molecule has 0 aliphatic heterocycles. The first-order chi connectivity index (χ1) is 14.0. The molecule has 2 amide bonds.